The smallest absolute Gasteiger partial charge is 0.339 e. The molecule has 0 radical (unpaired) electrons. The Labute approximate surface area is 152 Å². The Hall–Kier alpha value is -2.54. The molecule has 0 saturated carbocycles. The van der Waals surface area contributed by atoms with E-state index >= 15 is 0 Å². The maximum absolute atomic E-state index is 11.8. The van der Waals surface area contributed by atoms with Crippen molar-refractivity contribution in [2.75, 3.05) is 39.2 Å². The summed E-state index contributed by atoms with van der Waals surface area (Å²) in [6.45, 7) is 5.10. The molecule has 2 N–H and O–H groups in total. The number of likely N-dealkylation sites (tertiary alicyclic amines) is 1. The average molecular weight is 359 g/mol. The SMILES string of the molecule is CCN1CCCC(Nc2c(C(=O)O)cnc3c(OC)cc(OC)cc23)C1. The van der Waals surface area contributed by atoms with Gasteiger partial charge >= 0.3 is 5.97 Å². The summed E-state index contributed by atoms with van der Waals surface area (Å²) in [4.78, 5) is 18.5. The molecule has 26 heavy (non-hydrogen) atoms. The fraction of sp³-hybridized carbons (Fsp3) is 0.474. The van der Waals surface area contributed by atoms with Crippen LogP contribution < -0.4 is 14.8 Å². The molecule has 1 unspecified atom stereocenters. The van der Waals surface area contributed by atoms with Gasteiger partial charge in [-0.1, -0.05) is 6.92 Å². The van der Waals surface area contributed by atoms with Gasteiger partial charge in [0.15, 0.2) is 0 Å². The highest BCUT2D eigenvalue weighted by Gasteiger charge is 2.23. The third kappa shape index (κ3) is 3.53. The fourth-order valence-corrected chi connectivity index (χ4v) is 3.50. The second-order valence-electron chi connectivity index (χ2n) is 6.45. The lowest BCUT2D eigenvalue weighted by molar-refractivity contribution is 0.0697. The van der Waals surface area contributed by atoms with Crippen molar-refractivity contribution >= 4 is 22.6 Å². The Balaban J connectivity index is 2.10. The van der Waals surface area contributed by atoms with Gasteiger partial charge in [-0.2, -0.15) is 0 Å². The molecule has 1 fully saturated rings. The van der Waals surface area contributed by atoms with Gasteiger partial charge in [0.05, 0.1) is 19.9 Å². The summed E-state index contributed by atoms with van der Waals surface area (Å²) in [6, 6.07) is 3.74. The molecule has 0 bridgehead atoms. The number of nitrogens with zero attached hydrogens (tertiary/aromatic N) is 2. The van der Waals surface area contributed by atoms with Crippen LogP contribution in [-0.4, -0.2) is 60.9 Å². The number of carboxylic acids is 1. The largest absolute Gasteiger partial charge is 0.497 e. The second-order valence-corrected chi connectivity index (χ2v) is 6.45. The zero-order valence-electron chi connectivity index (χ0n) is 15.4. The minimum Gasteiger partial charge on any atom is -0.497 e. The van der Waals surface area contributed by atoms with Crippen LogP contribution in [0.3, 0.4) is 0 Å². The first-order valence-corrected chi connectivity index (χ1v) is 8.84. The maximum Gasteiger partial charge on any atom is 0.339 e. The van der Waals surface area contributed by atoms with Gasteiger partial charge in [0.25, 0.3) is 0 Å². The van der Waals surface area contributed by atoms with E-state index in [1.54, 1.807) is 26.4 Å². The van der Waals surface area contributed by atoms with Crippen molar-refractivity contribution in [2.24, 2.45) is 0 Å². The highest BCUT2D eigenvalue weighted by Crippen LogP contribution is 2.36. The number of methoxy groups -OCH3 is 2. The number of benzene rings is 1. The van der Waals surface area contributed by atoms with Crippen LogP contribution in [0.1, 0.15) is 30.1 Å². The number of hydrogen-bond acceptors (Lipinski definition) is 6. The molecule has 0 aliphatic carbocycles. The van der Waals surface area contributed by atoms with E-state index in [4.69, 9.17) is 9.47 Å². The third-order valence-corrected chi connectivity index (χ3v) is 4.90. The van der Waals surface area contributed by atoms with Crippen LogP contribution in [0.25, 0.3) is 10.9 Å². The number of aromatic nitrogens is 1. The average Bonchev–Trinajstić information content (AvgIpc) is 2.67. The number of likely N-dealkylation sites (N-methyl/N-ethyl adjacent to an activating group) is 1. The number of carbonyl (C=O) groups is 1. The number of piperidine rings is 1. The molecule has 1 atom stereocenters. The molecule has 0 spiro atoms. The van der Waals surface area contributed by atoms with Gasteiger partial charge in [-0.3, -0.25) is 4.98 Å². The molecular formula is C19H25N3O4. The van der Waals surface area contributed by atoms with E-state index in [1.807, 2.05) is 0 Å². The van der Waals surface area contributed by atoms with E-state index in [2.05, 4.69) is 22.1 Å². The van der Waals surface area contributed by atoms with Crippen LogP contribution in [0, 0.1) is 0 Å². The molecule has 1 aliphatic heterocycles. The standard InChI is InChI=1S/C19H25N3O4/c1-4-22-7-5-6-12(11-22)21-17-14-8-13(25-2)9-16(26-3)18(14)20-10-15(17)19(23)24/h8-10,12H,4-7,11H2,1-3H3,(H,20,21)(H,23,24). The van der Waals surface area contributed by atoms with Gasteiger partial charge < -0.3 is 24.8 Å². The van der Waals surface area contributed by atoms with Gasteiger partial charge in [-0.05, 0) is 32.0 Å². The lowest BCUT2D eigenvalue weighted by Gasteiger charge is -2.33. The zero-order chi connectivity index (χ0) is 18.7. The summed E-state index contributed by atoms with van der Waals surface area (Å²) in [5.41, 5.74) is 1.34. The summed E-state index contributed by atoms with van der Waals surface area (Å²) in [7, 11) is 3.14. The van der Waals surface area contributed by atoms with Crippen molar-refractivity contribution in [1.82, 2.24) is 9.88 Å². The highest BCUT2D eigenvalue weighted by atomic mass is 16.5. The second kappa shape index (κ2) is 7.78. The molecule has 1 aromatic heterocycles. The van der Waals surface area contributed by atoms with Crippen LogP contribution >= 0.6 is 0 Å². The number of anilines is 1. The number of nitrogens with one attached hydrogen (secondary N) is 1. The van der Waals surface area contributed by atoms with Crippen LogP contribution in [0.5, 0.6) is 11.5 Å². The Kier molecular flexibility index (Phi) is 5.46. The van der Waals surface area contributed by atoms with Gasteiger partial charge in [-0.25, -0.2) is 4.79 Å². The predicted molar refractivity (Wildman–Crippen MR) is 101 cm³/mol. The lowest BCUT2D eigenvalue weighted by Crippen LogP contribution is -2.42. The van der Waals surface area contributed by atoms with Gasteiger partial charge in [0.2, 0.25) is 0 Å². The number of carboxylic acid groups (broad SMARTS) is 1. The summed E-state index contributed by atoms with van der Waals surface area (Å²) in [5, 5.41) is 13.8. The molecule has 3 rings (SSSR count). The normalized spacial score (nSPS) is 17.9. The van der Waals surface area contributed by atoms with Gasteiger partial charge in [-0.15, -0.1) is 0 Å². The summed E-state index contributed by atoms with van der Waals surface area (Å²) < 4.78 is 10.8. The van der Waals surface area contributed by atoms with Crippen molar-refractivity contribution in [2.45, 2.75) is 25.8 Å². The lowest BCUT2D eigenvalue weighted by atomic mass is 10.0. The van der Waals surface area contributed by atoms with E-state index in [-0.39, 0.29) is 11.6 Å². The molecular weight excluding hydrogens is 334 g/mol. The first kappa shape index (κ1) is 18.3. The number of aromatic carboxylic acids is 1. The molecule has 1 saturated heterocycles. The van der Waals surface area contributed by atoms with Crippen LogP contribution in [0.4, 0.5) is 5.69 Å². The van der Waals surface area contributed by atoms with Crippen molar-refractivity contribution in [3.8, 4) is 11.5 Å². The fourth-order valence-electron chi connectivity index (χ4n) is 3.50. The minimum atomic E-state index is -1.01. The Morgan fingerprint density at radius 1 is 1.38 bits per heavy atom. The summed E-state index contributed by atoms with van der Waals surface area (Å²) in [6.07, 6.45) is 3.48. The first-order valence-electron chi connectivity index (χ1n) is 8.84. The van der Waals surface area contributed by atoms with E-state index in [1.165, 1.54) is 6.20 Å². The molecule has 1 aliphatic rings. The highest BCUT2D eigenvalue weighted by molar-refractivity contribution is 6.06. The zero-order valence-corrected chi connectivity index (χ0v) is 15.4. The van der Waals surface area contributed by atoms with Crippen molar-refractivity contribution in [3.63, 3.8) is 0 Å². The monoisotopic (exact) mass is 359 g/mol. The van der Waals surface area contributed by atoms with Crippen LogP contribution in [0.15, 0.2) is 18.3 Å². The minimum absolute atomic E-state index is 0.154. The van der Waals surface area contributed by atoms with E-state index < -0.39 is 5.97 Å². The number of fused-ring (bicyclic) bond motifs is 1. The quantitative estimate of drug-likeness (QED) is 0.820. The van der Waals surface area contributed by atoms with Crippen molar-refractivity contribution in [1.29, 1.82) is 0 Å². The molecule has 2 aromatic rings. The molecule has 140 valence electrons. The summed E-state index contributed by atoms with van der Waals surface area (Å²) >= 11 is 0. The molecule has 7 nitrogen and oxygen atoms in total. The molecule has 7 heteroatoms. The van der Waals surface area contributed by atoms with Gasteiger partial charge in [0, 0.05) is 30.2 Å². The van der Waals surface area contributed by atoms with Crippen LogP contribution in [0.2, 0.25) is 0 Å². The van der Waals surface area contributed by atoms with E-state index in [0.717, 1.165) is 32.5 Å². The predicted octanol–water partition coefficient (Wildman–Crippen LogP) is 2.85. The number of ether oxygens (including phenoxy) is 2. The number of hydrogen-bond donors (Lipinski definition) is 2. The maximum atomic E-state index is 11.8. The number of pyridine rings is 1. The van der Waals surface area contributed by atoms with E-state index in [9.17, 15) is 9.90 Å². The summed E-state index contributed by atoms with van der Waals surface area (Å²) in [5.74, 6) is 0.144. The van der Waals surface area contributed by atoms with E-state index in [0.29, 0.717) is 28.1 Å². The van der Waals surface area contributed by atoms with Crippen molar-refractivity contribution < 1.29 is 19.4 Å². The Morgan fingerprint density at radius 3 is 2.85 bits per heavy atom. The first-order chi connectivity index (χ1) is 12.6. The Bertz CT molecular complexity index is 809. The Morgan fingerprint density at radius 2 is 2.19 bits per heavy atom. The number of rotatable bonds is 6. The van der Waals surface area contributed by atoms with Crippen molar-refractivity contribution in [3.05, 3.63) is 23.9 Å². The topological polar surface area (TPSA) is 83.9 Å². The molecule has 2 heterocycles. The van der Waals surface area contributed by atoms with Crippen LogP contribution in [-0.2, 0) is 0 Å². The van der Waals surface area contributed by atoms with Gasteiger partial charge in [0.1, 0.15) is 22.6 Å². The molecule has 1 aromatic carbocycles. The molecule has 0 amide bonds. The third-order valence-electron chi connectivity index (χ3n) is 4.90.